The fourth-order valence-corrected chi connectivity index (χ4v) is 5.31. The van der Waals surface area contributed by atoms with E-state index in [1.807, 2.05) is 11.0 Å². The topological polar surface area (TPSA) is 110 Å². The SMILES string of the molecule is C[S+]([O-])CC[C@H](Nc1ncnc2cc(C(=O)N3CCCC3)c(Cl)cc12)c1nc2cc(Cl)ccc2[nH]1. The molecule has 2 aromatic heterocycles. The first-order valence-electron chi connectivity index (χ1n) is 11.3. The Morgan fingerprint density at radius 2 is 2.00 bits per heavy atom. The van der Waals surface area contributed by atoms with E-state index in [2.05, 4.69) is 20.3 Å². The monoisotopic (exact) mass is 530 g/mol. The molecule has 5 rings (SSSR count). The molecule has 0 bridgehead atoms. The molecule has 1 fully saturated rings. The first-order chi connectivity index (χ1) is 16.9. The molecule has 1 amide bonds. The van der Waals surface area contributed by atoms with E-state index in [1.54, 1.807) is 30.5 Å². The first-order valence-corrected chi connectivity index (χ1v) is 13.8. The van der Waals surface area contributed by atoms with E-state index in [1.165, 1.54) is 6.33 Å². The van der Waals surface area contributed by atoms with Crippen LogP contribution in [0.4, 0.5) is 5.82 Å². The van der Waals surface area contributed by atoms with Crippen LogP contribution in [0.5, 0.6) is 0 Å². The van der Waals surface area contributed by atoms with Gasteiger partial charge >= 0.3 is 0 Å². The van der Waals surface area contributed by atoms with E-state index in [0.717, 1.165) is 37.0 Å². The van der Waals surface area contributed by atoms with Crippen LogP contribution in [-0.4, -0.2) is 60.4 Å². The zero-order chi connectivity index (χ0) is 24.5. The third-order valence-electron chi connectivity index (χ3n) is 6.15. The minimum Gasteiger partial charge on any atom is -0.617 e. The Hall–Kier alpha value is -2.59. The predicted molar refractivity (Wildman–Crippen MR) is 141 cm³/mol. The normalized spacial score (nSPS) is 15.6. The van der Waals surface area contributed by atoms with E-state index in [4.69, 9.17) is 28.2 Å². The summed E-state index contributed by atoms with van der Waals surface area (Å²) in [6.07, 6.45) is 5.70. The van der Waals surface area contributed by atoms with Crippen LogP contribution in [-0.2, 0) is 11.2 Å². The number of H-pyrrole nitrogens is 1. The minimum atomic E-state index is -0.979. The molecule has 0 radical (unpaired) electrons. The first kappa shape index (κ1) is 24.1. The summed E-state index contributed by atoms with van der Waals surface area (Å²) in [4.78, 5) is 31.6. The van der Waals surface area contributed by atoms with Gasteiger partial charge in [0.2, 0.25) is 0 Å². The molecule has 1 aliphatic rings. The van der Waals surface area contributed by atoms with Gasteiger partial charge in [-0.2, -0.15) is 0 Å². The van der Waals surface area contributed by atoms with Crippen molar-refractivity contribution in [2.45, 2.75) is 25.3 Å². The van der Waals surface area contributed by atoms with Crippen molar-refractivity contribution < 1.29 is 9.35 Å². The Morgan fingerprint density at radius 3 is 2.77 bits per heavy atom. The summed E-state index contributed by atoms with van der Waals surface area (Å²) in [6.45, 7) is 1.49. The van der Waals surface area contributed by atoms with Crippen molar-refractivity contribution in [3.63, 3.8) is 0 Å². The minimum absolute atomic E-state index is 0.0771. The van der Waals surface area contributed by atoms with Crippen molar-refractivity contribution in [3.05, 3.63) is 58.1 Å². The Bertz CT molecular complexity index is 1390. The number of hydrogen-bond acceptors (Lipinski definition) is 6. The van der Waals surface area contributed by atoms with Crippen molar-refractivity contribution in [2.75, 3.05) is 30.4 Å². The van der Waals surface area contributed by atoms with Gasteiger partial charge in [-0.3, -0.25) is 4.79 Å². The fraction of sp³-hybridized carbons (Fsp3) is 0.333. The number of anilines is 1. The molecule has 11 heteroatoms. The molecule has 2 atom stereocenters. The zero-order valence-corrected chi connectivity index (χ0v) is 21.4. The number of benzene rings is 2. The molecule has 0 aliphatic carbocycles. The van der Waals surface area contributed by atoms with Gasteiger partial charge in [-0.05, 0) is 43.2 Å². The van der Waals surface area contributed by atoms with Crippen LogP contribution >= 0.6 is 23.2 Å². The van der Waals surface area contributed by atoms with Crippen LogP contribution in [0.1, 0.15) is 41.5 Å². The average molecular weight is 531 g/mol. The van der Waals surface area contributed by atoms with Gasteiger partial charge in [-0.25, -0.2) is 15.0 Å². The Balaban J connectivity index is 1.50. The quantitative estimate of drug-likeness (QED) is 0.326. The largest absolute Gasteiger partial charge is 0.617 e. The summed E-state index contributed by atoms with van der Waals surface area (Å²) >= 11 is 11.7. The second kappa shape index (κ2) is 10.2. The lowest BCUT2D eigenvalue weighted by atomic mass is 10.1. The number of nitrogens with one attached hydrogen (secondary N) is 2. The van der Waals surface area contributed by atoms with Crippen LogP contribution in [0.15, 0.2) is 36.7 Å². The Morgan fingerprint density at radius 1 is 1.20 bits per heavy atom. The van der Waals surface area contributed by atoms with Gasteiger partial charge in [0.15, 0.2) is 0 Å². The molecular formula is C24H24Cl2N6O2S. The smallest absolute Gasteiger partial charge is 0.255 e. The molecule has 2 N–H and O–H groups in total. The third kappa shape index (κ3) is 5.18. The van der Waals surface area contributed by atoms with Crippen molar-refractivity contribution in [1.82, 2.24) is 24.8 Å². The molecule has 1 unspecified atom stereocenters. The number of imidazole rings is 1. The van der Waals surface area contributed by atoms with Gasteiger partial charge in [0.25, 0.3) is 5.91 Å². The number of aromatic nitrogens is 4. The lowest BCUT2D eigenvalue weighted by Crippen LogP contribution is -2.27. The van der Waals surface area contributed by atoms with Gasteiger partial charge in [0.1, 0.15) is 23.7 Å². The van der Waals surface area contributed by atoms with Crippen molar-refractivity contribution in [1.29, 1.82) is 0 Å². The summed E-state index contributed by atoms with van der Waals surface area (Å²) in [5.41, 5.74) is 2.66. The van der Waals surface area contributed by atoms with E-state index < -0.39 is 11.2 Å². The van der Waals surface area contributed by atoms with Crippen LogP contribution in [0.25, 0.3) is 21.9 Å². The summed E-state index contributed by atoms with van der Waals surface area (Å²) < 4.78 is 11.9. The van der Waals surface area contributed by atoms with E-state index in [-0.39, 0.29) is 11.9 Å². The van der Waals surface area contributed by atoms with Gasteiger partial charge in [-0.1, -0.05) is 34.4 Å². The molecule has 2 aromatic carbocycles. The lowest BCUT2D eigenvalue weighted by molar-refractivity contribution is 0.0793. The number of rotatable bonds is 7. The third-order valence-corrected chi connectivity index (χ3v) is 7.50. The molecule has 3 heterocycles. The van der Waals surface area contributed by atoms with E-state index in [9.17, 15) is 9.35 Å². The average Bonchev–Trinajstić information content (AvgIpc) is 3.51. The number of amides is 1. The van der Waals surface area contributed by atoms with Crippen LogP contribution in [0, 0.1) is 0 Å². The second-order valence-corrected chi connectivity index (χ2v) is 11.0. The number of nitrogens with zero attached hydrogens (tertiary/aromatic N) is 4. The van der Waals surface area contributed by atoms with E-state index in [0.29, 0.717) is 50.3 Å². The highest BCUT2D eigenvalue weighted by Gasteiger charge is 2.24. The highest BCUT2D eigenvalue weighted by Crippen LogP contribution is 2.31. The number of halogens is 2. The molecule has 4 aromatic rings. The van der Waals surface area contributed by atoms with Gasteiger partial charge in [0, 0.05) is 29.9 Å². The maximum Gasteiger partial charge on any atom is 0.255 e. The lowest BCUT2D eigenvalue weighted by Gasteiger charge is -2.19. The molecule has 8 nitrogen and oxygen atoms in total. The van der Waals surface area contributed by atoms with Crippen LogP contribution < -0.4 is 5.32 Å². The number of likely N-dealkylation sites (tertiary alicyclic amines) is 1. The van der Waals surface area contributed by atoms with Crippen LogP contribution in [0.3, 0.4) is 0 Å². The molecule has 1 aliphatic heterocycles. The van der Waals surface area contributed by atoms with Gasteiger partial charge < -0.3 is 19.8 Å². The maximum atomic E-state index is 12.9. The van der Waals surface area contributed by atoms with Crippen molar-refractivity contribution in [2.24, 2.45) is 0 Å². The number of hydrogen-bond donors (Lipinski definition) is 2. The number of fused-ring (bicyclic) bond motifs is 2. The summed E-state index contributed by atoms with van der Waals surface area (Å²) in [7, 11) is 0. The molecule has 1 saturated heterocycles. The second-order valence-electron chi connectivity index (χ2n) is 8.62. The molecule has 0 saturated carbocycles. The Kier molecular flexibility index (Phi) is 7.02. The fourth-order valence-electron chi connectivity index (χ4n) is 4.34. The standard InChI is InChI=1S/C24H24Cl2N6O2S/c1-35(34)9-6-19(23-29-18-5-4-14(25)10-21(18)31-23)30-22-16-11-17(26)15(12-20(16)27-13-28-22)24(33)32-7-2-3-8-32/h4-5,10-13,19H,2-3,6-9H2,1H3,(H,29,31)(H,27,28,30)/t19-,35?/m0/s1. The molecule has 0 spiro atoms. The maximum absolute atomic E-state index is 12.9. The van der Waals surface area contributed by atoms with Crippen molar-refractivity contribution in [3.8, 4) is 0 Å². The van der Waals surface area contributed by atoms with Gasteiger partial charge in [0.05, 0.1) is 39.4 Å². The summed E-state index contributed by atoms with van der Waals surface area (Å²) in [5.74, 6) is 1.65. The highest BCUT2D eigenvalue weighted by atomic mass is 35.5. The Labute approximate surface area is 215 Å². The van der Waals surface area contributed by atoms with E-state index >= 15 is 0 Å². The molecular weight excluding hydrogens is 507 g/mol. The zero-order valence-electron chi connectivity index (χ0n) is 19.1. The van der Waals surface area contributed by atoms with Crippen LogP contribution in [0.2, 0.25) is 10.0 Å². The summed E-state index contributed by atoms with van der Waals surface area (Å²) in [6, 6.07) is 8.64. The number of carbonyl (C=O) groups is 1. The van der Waals surface area contributed by atoms with Gasteiger partial charge in [-0.15, -0.1) is 0 Å². The number of aromatic amines is 1. The predicted octanol–water partition coefficient (Wildman–Crippen LogP) is 4.97. The highest BCUT2D eigenvalue weighted by molar-refractivity contribution is 7.90. The molecule has 35 heavy (non-hydrogen) atoms. The molecule has 182 valence electrons. The number of carbonyl (C=O) groups excluding carboxylic acids is 1. The van der Waals surface area contributed by atoms with Crippen molar-refractivity contribution >= 4 is 68.0 Å². The summed E-state index contributed by atoms with van der Waals surface area (Å²) in [5, 5.41) is 5.09.